The van der Waals surface area contributed by atoms with E-state index in [1.165, 1.54) is 32.2 Å². The fourth-order valence-electron chi connectivity index (χ4n) is 1.90. The monoisotopic (exact) mass is 350 g/mol. The molecule has 1 amide bonds. The molecule has 0 spiro atoms. The van der Waals surface area contributed by atoms with Gasteiger partial charge in [-0.3, -0.25) is 9.59 Å². The Labute approximate surface area is 135 Å². The lowest BCUT2D eigenvalue weighted by molar-refractivity contribution is -0.154. The Morgan fingerprint density at radius 2 is 1.96 bits per heavy atom. The van der Waals surface area contributed by atoms with E-state index in [2.05, 4.69) is 15.0 Å². The minimum atomic E-state index is -4.53. The summed E-state index contributed by atoms with van der Waals surface area (Å²) in [5, 5.41) is 11.4. The molecule has 0 radical (unpaired) electrons. The Bertz CT molecular complexity index is 594. The van der Waals surface area contributed by atoms with Crippen molar-refractivity contribution in [1.82, 2.24) is 10.3 Å². The Morgan fingerprint density at radius 1 is 1.29 bits per heavy atom. The number of hydrogen-bond acceptors (Lipinski definition) is 5. The van der Waals surface area contributed by atoms with E-state index in [9.17, 15) is 22.8 Å². The first-order valence-electron chi connectivity index (χ1n) is 6.74. The van der Waals surface area contributed by atoms with Gasteiger partial charge in [-0.25, -0.2) is 4.98 Å². The molecule has 0 saturated carbocycles. The van der Waals surface area contributed by atoms with Gasteiger partial charge in [0.15, 0.2) is 6.61 Å². The largest absolute Gasteiger partial charge is 0.481 e. The van der Waals surface area contributed by atoms with E-state index >= 15 is 0 Å². The van der Waals surface area contributed by atoms with Crippen molar-refractivity contribution < 1.29 is 37.3 Å². The third kappa shape index (κ3) is 6.82. The molecular weight excluding hydrogens is 333 g/mol. The first kappa shape index (κ1) is 19.7. The van der Waals surface area contributed by atoms with Crippen molar-refractivity contribution in [2.45, 2.75) is 25.1 Å². The lowest BCUT2D eigenvalue weighted by Crippen LogP contribution is -2.51. The van der Waals surface area contributed by atoms with E-state index in [0.29, 0.717) is 0 Å². The summed E-state index contributed by atoms with van der Waals surface area (Å²) in [5.41, 5.74) is -1.41. The first-order chi connectivity index (χ1) is 11.0. The van der Waals surface area contributed by atoms with Crippen LogP contribution in [0.25, 0.3) is 0 Å². The lowest BCUT2D eigenvalue weighted by atomic mass is 9.98. The van der Waals surface area contributed by atoms with Gasteiger partial charge in [0.05, 0.1) is 18.6 Å². The van der Waals surface area contributed by atoms with Crippen molar-refractivity contribution in [1.29, 1.82) is 0 Å². The maximum absolute atomic E-state index is 12.2. The molecule has 1 unspecified atom stereocenters. The van der Waals surface area contributed by atoms with E-state index in [0.717, 1.165) is 0 Å². The van der Waals surface area contributed by atoms with E-state index in [1.54, 1.807) is 0 Å². The number of nitrogens with one attached hydrogen (secondary N) is 1. The fraction of sp³-hybridized carbons (Fsp3) is 0.500. The number of carboxylic acids is 1. The second kappa shape index (κ2) is 7.95. The smallest absolute Gasteiger partial charge is 0.422 e. The van der Waals surface area contributed by atoms with Crippen molar-refractivity contribution >= 4 is 11.9 Å². The number of hydrogen-bond donors (Lipinski definition) is 2. The SMILES string of the molecule is COCC(C)(CC(=O)O)NC(=O)c1cccc(OCC(F)(F)F)n1. The van der Waals surface area contributed by atoms with Crippen molar-refractivity contribution in [3.8, 4) is 5.88 Å². The Hall–Kier alpha value is -2.36. The second-order valence-corrected chi connectivity index (χ2v) is 5.28. The molecule has 24 heavy (non-hydrogen) atoms. The highest BCUT2D eigenvalue weighted by Gasteiger charge is 2.31. The predicted octanol–water partition coefficient (Wildman–Crippen LogP) is 1.63. The van der Waals surface area contributed by atoms with Crippen molar-refractivity contribution in [3.05, 3.63) is 23.9 Å². The zero-order valence-corrected chi connectivity index (χ0v) is 13.0. The average molecular weight is 350 g/mol. The Balaban J connectivity index is 2.84. The number of methoxy groups -OCH3 is 1. The molecule has 1 rings (SSSR count). The highest BCUT2D eigenvalue weighted by Crippen LogP contribution is 2.18. The lowest BCUT2D eigenvalue weighted by Gasteiger charge is -2.28. The number of nitrogens with zero attached hydrogens (tertiary/aromatic N) is 1. The van der Waals surface area contributed by atoms with Crippen LogP contribution in [0.2, 0.25) is 0 Å². The summed E-state index contributed by atoms with van der Waals surface area (Å²) < 4.78 is 45.7. The number of halogens is 3. The molecule has 0 fully saturated rings. The van der Waals surface area contributed by atoms with Gasteiger partial charge >= 0.3 is 12.1 Å². The number of carbonyl (C=O) groups is 2. The molecule has 1 aromatic heterocycles. The van der Waals surface area contributed by atoms with Gasteiger partial charge in [-0.05, 0) is 13.0 Å². The highest BCUT2D eigenvalue weighted by atomic mass is 19.4. The van der Waals surface area contributed by atoms with Crippen molar-refractivity contribution in [2.75, 3.05) is 20.3 Å². The van der Waals surface area contributed by atoms with Gasteiger partial charge in [-0.1, -0.05) is 6.07 Å². The number of carbonyl (C=O) groups excluding carboxylic acids is 1. The number of pyridine rings is 1. The summed E-state index contributed by atoms with van der Waals surface area (Å²) in [6.07, 6.45) is -4.94. The van der Waals surface area contributed by atoms with Crippen LogP contribution in [0.3, 0.4) is 0 Å². The third-order valence-electron chi connectivity index (χ3n) is 2.76. The molecule has 1 heterocycles. The molecule has 0 aromatic carbocycles. The third-order valence-corrected chi connectivity index (χ3v) is 2.76. The van der Waals surface area contributed by atoms with Gasteiger partial charge in [-0.15, -0.1) is 0 Å². The Kier molecular flexibility index (Phi) is 6.52. The van der Waals surface area contributed by atoms with E-state index < -0.39 is 36.6 Å². The van der Waals surface area contributed by atoms with Gasteiger partial charge in [0.2, 0.25) is 5.88 Å². The number of rotatable bonds is 8. The maximum atomic E-state index is 12.2. The van der Waals surface area contributed by atoms with Crippen LogP contribution in [0.5, 0.6) is 5.88 Å². The van der Waals surface area contributed by atoms with Crippen LogP contribution in [0, 0.1) is 0 Å². The number of amides is 1. The molecule has 0 saturated heterocycles. The molecule has 10 heteroatoms. The molecule has 7 nitrogen and oxygen atoms in total. The van der Waals surface area contributed by atoms with Crippen LogP contribution in [0.1, 0.15) is 23.8 Å². The van der Waals surface area contributed by atoms with E-state index in [4.69, 9.17) is 9.84 Å². The number of aromatic nitrogens is 1. The average Bonchev–Trinajstić information content (AvgIpc) is 2.43. The molecule has 0 aliphatic heterocycles. The van der Waals surface area contributed by atoms with Crippen LogP contribution in [0.15, 0.2) is 18.2 Å². The number of carboxylic acid groups (broad SMARTS) is 1. The quantitative estimate of drug-likeness (QED) is 0.740. The number of alkyl halides is 3. The number of ether oxygens (including phenoxy) is 2. The summed E-state index contributed by atoms with van der Waals surface area (Å²) in [7, 11) is 1.34. The molecule has 1 aromatic rings. The summed E-state index contributed by atoms with van der Waals surface area (Å²) in [6, 6.07) is 3.75. The molecule has 2 N–H and O–H groups in total. The molecular formula is C14H17F3N2O5. The minimum Gasteiger partial charge on any atom is -0.481 e. The molecule has 134 valence electrons. The minimum absolute atomic E-state index is 0.0741. The summed E-state index contributed by atoms with van der Waals surface area (Å²) >= 11 is 0. The topological polar surface area (TPSA) is 97.8 Å². The zero-order valence-electron chi connectivity index (χ0n) is 13.0. The van der Waals surface area contributed by atoms with Gasteiger partial charge in [-0.2, -0.15) is 13.2 Å². The molecule has 1 atom stereocenters. The Morgan fingerprint density at radius 3 is 2.50 bits per heavy atom. The number of aliphatic carboxylic acids is 1. The highest BCUT2D eigenvalue weighted by molar-refractivity contribution is 5.93. The van der Waals surface area contributed by atoms with Crippen LogP contribution in [-0.2, 0) is 9.53 Å². The summed E-state index contributed by atoms with van der Waals surface area (Å²) in [4.78, 5) is 26.7. The van der Waals surface area contributed by atoms with Crippen molar-refractivity contribution in [3.63, 3.8) is 0 Å². The standard InChI is InChI=1S/C14H17F3N2O5/c1-13(7-23-2,6-11(20)21)19-12(22)9-4-3-5-10(18-9)24-8-14(15,16)17/h3-5H,6-8H2,1-2H3,(H,19,22)(H,20,21). The van der Waals surface area contributed by atoms with E-state index in [1.807, 2.05) is 0 Å². The summed E-state index contributed by atoms with van der Waals surface area (Å²) in [5.74, 6) is -2.27. The molecule has 0 aliphatic carbocycles. The maximum Gasteiger partial charge on any atom is 0.422 e. The predicted molar refractivity (Wildman–Crippen MR) is 75.8 cm³/mol. The van der Waals surface area contributed by atoms with Gasteiger partial charge < -0.3 is 19.9 Å². The van der Waals surface area contributed by atoms with Gasteiger partial charge in [0, 0.05) is 13.2 Å². The van der Waals surface area contributed by atoms with Crippen molar-refractivity contribution in [2.24, 2.45) is 0 Å². The normalized spacial score (nSPS) is 13.9. The first-order valence-corrected chi connectivity index (χ1v) is 6.74. The van der Waals surface area contributed by atoms with E-state index in [-0.39, 0.29) is 18.2 Å². The fourth-order valence-corrected chi connectivity index (χ4v) is 1.90. The van der Waals surface area contributed by atoms with Crippen LogP contribution in [-0.4, -0.2) is 54.0 Å². The zero-order chi connectivity index (χ0) is 18.4. The molecule has 0 bridgehead atoms. The van der Waals surface area contributed by atoms with Crippen LogP contribution >= 0.6 is 0 Å². The van der Waals surface area contributed by atoms with Gasteiger partial charge in [0.1, 0.15) is 5.69 Å². The van der Waals surface area contributed by atoms with Crippen LogP contribution in [0.4, 0.5) is 13.2 Å². The van der Waals surface area contributed by atoms with Crippen LogP contribution < -0.4 is 10.1 Å². The summed E-state index contributed by atoms with van der Waals surface area (Å²) in [6.45, 7) is -0.146. The molecule has 0 aliphatic rings. The second-order valence-electron chi connectivity index (χ2n) is 5.28. The van der Waals surface area contributed by atoms with Gasteiger partial charge in [0.25, 0.3) is 5.91 Å².